The van der Waals surface area contributed by atoms with E-state index in [0.717, 1.165) is 35.1 Å². The minimum Gasteiger partial charge on any atom is -0.397 e. The molecule has 18 heavy (non-hydrogen) atoms. The lowest BCUT2D eigenvalue weighted by Crippen LogP contribution is -2.33. The van der Waals surface area contributed by atoms with Crippen molar-refractivity contribution in [1.29, 1.82) is 0 Å². The first kappa shape index (κ1) is 12.7. The number of benzene rings is 1. The number of aromatic nitrogens is 1. The van der Waals surface area contributed by atoms with Crippen LogP contribution < -0.4 is 11.1 Å². The van der Waals surface area contributed by atoms with Crippen LogP contribution in [-0.4, -0.2) is 10.5 Å². The summed E-state index contributed by atoms with van der Waals surface area (Å²) >= 11 is 0. The molecule has 2 aromatic rings. The fourth-order valence-electron chi connectivity index (χ4n) is 2.04. The predicted octanol–water partition coefficient (Wildman–Crippen LogP) is 3.81. The van der Waals surface area contributed by atoms with Crippen LogP contribution in [0.4, 0.5) is 11.4 Å². The van der Waals surface area contributed by atoms with Gasteiger partial charge < -0.3 is 11.1 Å². The largest absolute Gasteiger partial charge is 0.397 e. The van der Waals surface area contributed by atoms with Crippen molar-refractivity contribution >= 4 is 22.3 Å². The summed E-state index contributed by atoms with van der Waals surface area (Å²) in [6, 6.07) is 7.97. The van der Waals surface area contributed by atoms with Crippen LogP contribution in [0.2, 0.25) is 0 Å². The Morgan fingerprint density at radius 1 is 1.22 bits per heavy atom. The Balaban J connectivity index is 2.43. The number of nitrogens with zero attached hydrogens (tertiary/aromatic N) is 1. The zero-order valence-corrected chi connectivity index (χ0v) is 11.3. The van der Waals surface area contributed by atoms with E-state index in [1.807, 2.05) is 24.3 Å². The van der Waals surface area contributed by atoms with E-state index in [1.165, 1.54) is 0 Å². The predicted molar refractivity (Wildman–Crippen MR) is 78.8 cm³/mol. The summed E-state index contributed by atoms with van der Waals surface area (Å²) in [6.07, 6.45) is 3.92. The highest BCUT2D eigenvalue weighted by molar-refractivity contribution is 5.96. The van der Waals surface area contributed by atoms with Gasteiger partial charge in [0, 0.05) is 17.1 Å². The van der Waals surface area contributed by atoms with Crippen molar-refractivity contribution < 1.29 is 0 Å². The fraction of sp³-hybridized carbons (Fsp3) is 0.400. The molecular weight excluding hydrogens is 222 g/mol. The lowest BCUT2D eigenvalue weighted by atomic mass is 9.95. The van der Waals surface area contributed by atoms with E-state index in [4.69, 9.17) is 5.73 Å². The number of fused-ring (bicyclic) bond motifs is 1. The summed E-state index contributed by atoms with van der Waals surface area (Å²) in [6.45, 7) is 6.60. The van der Waals surface area contributed by atoms with Crippen molar-refractivity contribution in [3.63, 3.8) is 0 Å². The van der Waals surface area contributed by atoms with E-state index in [1.54, 1.807) is 6.20 Å². The van der Waals surface area contributed by atoms with E-state index >= 15 is 0 Å². The maximum absolute atomic E-state index is 6.23. The molecule has 0 bridgehead atoms. The highest BCUT2D eigenvalue weighted by Gasteiger charge is 2.20. The molecule has 0 aliphatic carbocycles. The molecule has 2 rings (SSSR count). The molecule has 0 aliphatic heterocycles. The maximum atomic E-state index is 6.23. The lowest BCUT2D eigenvalue weighted by Gasteiger charge is -2.30. The molecule has 3 N–H and O–H groups in total. The number of anilines is 2. The Hall–Kier alpha value is -1.77. The highest BCUT2D eigenvalue weighted by atomic mass is 15.0. The maximum Gasteiger partial charge on any atom is 0.0724 e. The first-order valence-electron chi connectivity index (χ1n) is 6.51. The Morgan fingerprint density at radius 2 is 1.94 bits per heavy atom. The Bertz CT molecular complexity index is 544. The average Bonchev–Trinajstić information content (AvgIpc) is 2.42. The van der Waals surface area contributed by atoms with Gasteiger partial charge in [-0.25, -0.2) is 0 Å². The monoisotopic (exact) mass is 243 g/mol. The summed E-state index contributed by atoms with van der Waals surface area (Å²) < 4.78 is 0. The third kappa shape index (κ3) is 2.26. The van der Waals surface area contributed by atoms with E-state index in [9.17, 15) is 0 Å². The van der Waals surface area contributed by atoms with Crippen LogP contribution in [0.5, 0.6) is 0 Å². The van der Waals surface area contributed by atoms with Crippen molar-refractivity contribution in [2.75, 3.05) is 11.1 Å². The summed E-state index contributed by atoms with van der Waals surface area (Å²) in [5, 5.41) is 4.57. The average molecular weight is 243 g/mol. The summed E-state index contributed by atoms with van der Waals surface area (Å²) in [7, 11) is 0. The van der Waals surface area contributed by atoms with Gasteiger partial charge in [0.2, 0.25) is 0 Å². The van der Waals surface area contributed by atoms with Crippen LogP contribution in [0, 0.1) is 0 Å². The van der Waals surface area contributed by atoms with Gasteiger partial charge in [-0.15, -0.1) is 0 Å². The van der Waals surface area contributed by atoms with Crippen molar-refractivity contribution in [2.24, 2.45) is 0 Å². The molecule has 0 aliphatic rings. The van der Waals surface area contributed by atoms with Gasteiger partial charge >= 0.3 is 0 Å². The van der Waals surface area contributed by atoms with Crippen LogP contribution in [0.25, 0.3) is 10.9 Å². The molecule has 3 nitrogen and oxygen atoms in total. The summed E-state index contributed by atoms with van der Waals surface area (Å²) in [4.78, 5) is 4.31. The molecule has 0 amide bonds. The lowest BCUT2D eigenvalue weighted by molar-refractivity contribution is 0.479. The summed E-state index contributed by atoms with van der Waals surface area (Å²) in [5.41, 5.74) is 9.05. The molecule has 0 fully saturated rings. The minimum absolute atomic E-state index is 0.0873. The Kier molecular flexibility index (Phi) is 3.41. The van der Waals surface area contributed by atoms with Crippen LogP contribution >= 0.6 is 0 Å². The molecule has 1 aromatic carbocycles. The van der Waals surface area contributed by atoms with Crippen LogP contribution in [-0.2, 0) is 0 Å². The van der Waals surface area contributed by atoms with Gasteiger partial charge in [0.1, 0.15) is 0 Å². The zero-order chi connectivity index (χ0) is 13.2. The second kappa shape index (κ2) is 4.84. The normalized spacial score (nSPS) is 11.7. The zero-order valence-electron chi connectivity index (χ0n) is 11.3. The second-order valence-corrected chi connectivity index (χ2v) is 4.99. The molecule has 0 spiro atoms. The third-order valence-corrected chi connectivity index (χ3v) is 3.82. The molecule has 0 atom stereocenters. The molecule has 0 saturated heterocycles. The van der Waals surface area contributed by atoms with Gasteiger partial charge in [-0.3, -0.25) is 4.98 Å². The van der Waals surface area contributed by atoms with Crippen LogP contribution in [0.1, 0.15) is 33.6 Å². The third-order valence-electron chi connectivity index (χ3n) is 3.82. The Labute approximate surface area is 108 Å². The number of nitrogens with one attached hydrogen (secondary N) is 1. The number of rotatable bonds is 4. The van der Waals surface area contributed by atoms with E-state index in [-0.39, 0.29) is 5.54 Å². The Morgan fingerprint density at radius 3 is 2.61 bits per heavy atom. The highest BCUT2D eigenvalue weighted by Crippen LogP contribution is 2.31. The molecular formula is C15H21N3. The van der Waals surface area contributed by atoms with Crippen molar-refractivity contribution in [3.8, 4) is 0 Å². The molecule has 0 radical (unpaired) electrons. The molecule has 3 heteroatoms. The quantitative estimate of drug-likeness (QED) is 0.803. The number of hydrogen-bond acceptors (Lipinski definition) is 3. The standard InChI is InChI=1S/C15H21N3/c1-4-15(3,5-2)18-13-9-8-12-11(14(13)16)7-6-10-17-12/h6-10,18H,4-5,16H2,1-3H3. The first-order chi connectivity index (χ1) is 8.59. The molecule has 1 aromatic heterocycles. The van der Waals surface area contributed by atoms with Crippen molar-refractivity contribution in [1.82, 2.24) is 4.98 Å². The van der Waals surface area contributed by atoms with Crippen LogP contribution in [0.3, 0.4) is 0 Å². The minimum atomic E-state index is 0.0873. The SMILES string of the molecule is CCC(C)(CC)Nc1ccc2ncccc2c1N. The van der Waals surface area contributed by atoms with E-state index in [0.29, 0.717) is 0 Å². The van der Waals surface area contributed by atoms with E-state index < -0.39 is 0 Å². The molecule has 0 saturated carbocycles. The first-order valence-corrected chi connectivity index (χ1v) is 6.51. The molecule has 1 heterocycles. The van der Waals surface area contributed by atoms with Crippen molar-refractivity contribution in [2.45, 2.75) is 39.2 Å². The smallest absolute Gasteiger partial charge is 0.0724 e. The fourth-order valence-corrected chi connectivity index (χ4v) is 2.04. The van der Waals surface area contributed by atoms with Crippen LogP contribution in [0.15, 0.2) is 30.5 Å². The van der Waals surface area contributed by atoms with Gasteiger partial charge in [0.15, 0.2) is 0 Å². The van der Waals surface area contributed by atoms with Crippen molar-refractivity contribution in [3.05, 3.63) is 30.5 Å². The number of nitrogen functional groups attached to an aromatic ring is 1. The van der Waals surface area contributed by atoms with Gasteiger partial charge in [-0.05, 0) is 44.0 Å². The van der Waals surface area contributed by atoms with Gasteiger partial charge in [-0.2, -0.15) is 0 Å². The number of pyridine rings is 1. The number of nitrogens with two attached hydrogens (primary N) is 1. The number of hydrogen-bond donors (Lipinski definition) is 2. The van der Waals surface area contributed by atoms with Gasteiger partial charge in [0.25, 0.3) is 0 Å². The topological polar surface area (TPSA) is 50.9 Å². The summed E-state index contributed by atoms with van der Waals surface area (Å²) in [5.74, 6) is 0. The molecule has 0 unspecified atom stereocenters. The second-order valence-electron chi connectivity index (χ2n) is 4.99. The van der Waals surface area contributed by atoms with Gasteiger partial charge in [-0.1, -0.05) is 13.8 Å². The van der Waals surface area contributed by atoms with E-state index in [2.05, 4.69) is 31.1 Å². The molecule has 96 valence electrons. The van der Waals surface area contributed by atoms with Gasteiger partial charge in [0.05, 0.1) is 16.9 Å².